The Morgan fingerprint density at radius 2 is 2.22 bits per heavy atom. The van der Waals surface area contributed by atoms with E-state index in [-0.39, 0.29) is 0 Å². The standard InChI is InChI=1S/C8H5Si/c1-2-7-4-3-5-8(9)6-7/h1,3-6H. The van der Waals surface area contributed by atoms with Crippen LogP contribution < -0.4 is 5.19 Å². The van der Waals surface area contributed by atoms with Gasteiger partial charge in [-0.2, -0.15) is 0 Å². The molecule has 0 saturated heterocycles. The zero-order chi connectivity index (χ0) is 6.69. The van der Waals surface area contributed by atoms with Gasteiger partial charge in [-0.3, -0.25) is 0 Å². The van der Waals surface area contributed by atoms with E-state index >= 15 is 0 Å². The third kappa shape index (κ3) is 1.44. The molecule has 0 aliphatic carbocycles. The van der Waals surface area contributed by atoms with Gasteiger partial charge in [-0.1, -0.05) is 23.2 Å². The van der Waals surface area contributed by atoms with E-state index in [1.807, 2.05) is 24.3 Å². The first-order valence-corrected chi connectivity index (χ1v) is 3.11. The maximum absolute atomic E-state index is 5.15. The van der Waals surface area contributed by atoms with Crippen molar-refractivity contribution >= 4 is 15.4 Å². The third-order valence-corrected chi connectivity index (χ3v) is 1.34. The maximum Gasteiger partial charge on any atom is 0.0712 e. The Morgan fingerprint density at radius 1 is 1.44 bits per heavy atom. The van der Waals surface area contributed by atoms with E-state index in [0.29, 0.717) is 0 Å². The molecule has 0 aliphatic rings. The molecule has 0 aliphatic heterocycles. The lowest BCUT2D eigenvalue weighted by atomic mass is 10.2. The highest BCUT2D eigenvalue weighted by Crippen LogP contribution is 1.90. The summed E-state index contributed by atoms with van der Waals surface area (Å²) in [5.74, 6) is 2.54. The Balaban J connectivity index is 3.12. The lowest BCUT2D eigenvalue weighted by molar-refractivity contribution is 1.70. The molecule has 0 spiro atoms. The average Bonchev–Trinajstić information content (AvgIpc) is 1.88. The first kappa shape index (κ1) is 6.12. The molecule has 0 nitrogen and oxygen atoms in total. The Bertz CT molecular complexity index is 245. The van der Waals surface area contributed by atoms with Crippen LogP contribution in [-0.2, 0) is 0 Å². The van der Waals surface area contributed by atoms with Crippen LogP contribution in [0.25, 0.3) is 0 Å². The Hall–Kier alpha value is -1.00. The fraction of sp³-hybridized carbons (Fsp3) is 0. The summed E-state index contributed by atoms with van der Waals surface area (Å²) < 4.78 is 0. The van der Waals surface area contributed by atoms with E-state index in [1.165, 1.54) is 0 Å². The molecule has 9 heavy (non-hydrogen) atoms. The average molecular weight is 129 g/mol. The van der Waals surface area contributed by atoms with Crippen molar-refractivity contribution in [2.75, 3.05) is 0 Å². The van der Waals surface area contributed by atoms with Gasteiger partial charge in [0, 0.05) is 5.56 Å². The summed E-state index contributed by atoms with van der Waals surface area (Å²) in [4.78, 5) is 0. The quantitative estimate of drug-likeness (QED) is 0.353. The molecule has 0 bridgehead atoms. The van der Waals surface area contributed by atoms with Crippen LogP contribution >= 0.6 is 0 Å². The van der Waals surface area contributed by atoms with Crippen molar-refractivity contribution in [3.05, 3.63) is 29.8 Å². The second-order valence-corrected chi connectivity index (χ2v) is 2.30. The van der Waals surface area contributed by atoms with E-state index in [2.05, 4.69) is 16.2 Å². The van der Waals surface area contributed by atoms with Gasteiger partial charge in [0.2, 0.25) is 0 Å². The van der Waals surface area contributed by atoms with Crippen molar-refractivity contribution in [2.24, 2.45) is 0 Å². The minimum Gasteiger partial charge on any atom is -0.115 e. The highest BCUT2D eigenvalue weighted by Gasteiger charge is 1.83. The van der Waals surface area contributed by atoms with Crippen LogP contribution in [0.4, 0.5) is 0 Å². The van der Waals surface area contributed by atoms with Gasteiger partial charge in [0.15, 0.2) is 0 Å². The summed E-state index contributed by atoms with van der Waals surface area (Å²) >= 11 is 0. The predicted molar refractivity (Wildman–Crippen MR) is 39.8 cm³/mol. The molecule has 41 valence electrons. The molecule has 1 heteroatoms. The van der Waals surface area contributed by atoms with Gasteiger partial charge in [-0.25, -0.2) is 0 Å². The van der Waals surface area contributed by atoms with Gasteiger partial charge in [-0.05, 0) is 12.1 Å². The Labute approximate surface area is 58.3 Å². The van der Waals surface area contributed by atoms with Crippen molar-refractivity contribution in [3.8, 4) is 12.3 Å². The molecule has 0 heterocycles. The molecular weight excluding hydrogens is 124 g/mol. The van der Waals surface area contributed by atoms with E-state index in [1.54, 1.807) is 0 Å². The van der Waals surface area contributed by atoms with E-state index < -0.39 is 0 Å². The van der Waals surface area contributed by atoms with Crippen LogP contribution in [0.15, 0.2) is 24.3 Å². The van der Waals surface area contributed by atoms with Crippen molar-refractivity contribution in [1.29, 1.82) is 0 Å². The van der Waals surface area contributed by atoms with Crippen molar-refractivity contribution in [3.63, 3.8) is 0 Å². The minimum atomic E-state index is 0.905. The molecule has 0 unspecified atom stereocenters. The molecular formula is C8H5Si. The van der Waals surface area contributed by atoms with Crippen molar-refractivity contribution in [2.45, 2.75) is 0 Å². The Kier molecular flexibility index (Phi) is 1.71. The maximum atomic E-state index is 5.15. The molecule has 0 N–H and O–H groups in total. The molecule has 1 aromatic carbocycles. The van der Waals surface area contributed by atoms with Gasteiger partial charge >= 0.3 is 0 Å². The van der Waals surface area contributed by atoms with E-state index in [9.17, 15) is 0 Å². The lowest BCUT2D eigenvalue weighted by Crippen LogP contribution is -2.00. The topological polar surface area (TPSA) is 0 Å². The smallest absolute Gasteiger partial charge is 0.0712 e. The van der Waals surface area contributed by atoms with Gasteiger partial charge in [0.1, 0.15) is 0 Å². The summed E-state index contributed by atoms with van der Waals surface area (Å²) in [6.07, 6.45) is 5.15. The fourth-order valence-electron chi connectivity index (χ4n) is 0.609. The molecule has 0 saturated carbocycles. The fourth-order valence-corrected chi connectivity index (χ4v) is 0.861. The minimum absolute atomic E-state index is 0.905. The predicted octanol–water partition coefficient (Wildman–Crippen LogP) is 0.462. The normalized spacial score (nSPS) is 8.44. The summed E-state index contributed by atoms with van der Waals surface area (Å²) in [6, 6.07) is 7.65. The van der Waals surface area contributed by atoms with Crippen LogP contribution in [0.1, 0.15) is 5.56 Å². The van der Waals surface area contributed by atoms with Crippen LogP contribution in [0, 0.1) is 12.3 Å². The molecule has 1 rings (SSSR count). The molecule has 0 aromatic heterocycles. The molecule has 0 amide bonds. The summed E-state index contributed by atoms with van der Waals surface area (Å²) in [6.45, 7) is 0. The zero-order valence-electron chi connectivity index (χ0n) is 4.89. The number of benzene rings is 1. The van der Waals surface area contributed by atoms with E-state index in [0.717, 1.165) is 10.8 Å². The van der Waals surface area contributed by atoms with Gasteiger partial charge in [-0.15, -0.1) is 6.42 Å². The SMILES string of the molecule is C#Cc1cccc([Si])c1. The van der Waals surface area contributed by atoms with Crippen LogP contribution in [0.5, 0.6) is 0 Å². The largest absolute Gasteiger partial charge is 0.115 e. The third-order valence-electron chi connectivity index (χ3n) is 1.03. The lowest BCUT2D eigenvalue weighted by Gasteiger charge is -1.90. The monoisotopic (exact) mass is 129 g/mol. The van der Waals surface area contributed by atoms with Crippen LogP contribution in [0.2, 0.25) is 0 Å². The van der Waals surface area contributed by atoms with Gasteiger partial charge < -0.3 is 0 Å². The van der Waals surface area contributed by atoms with Crippen LogP contribution in [0.3, 0.4) is 0 Å². The molecule has 3 radical (unpaired) electrons. The summed E-state index contributed by atoms with van der Waals surface area (Å²) in [7, 11) is 3.35. The van der Waals surface area contributed by atoms with Gasteiger partial charge in [0.05, 0.1) is 10.2 Å². The first-order chi connectivity index (χ1) is 4.33. The van der Waals surface area contributed by atoms with Crippen molar-refractivity contribution < 1.29 is 0 Å². The summed E-state index contributed by atoms with van der Waals surface area (Å²) in [5.41, 5.74) is 0.905. The first-order valence-electron chi connectivity index (χ1n) is 2.61. The number of terminal acetylenes is 1. The zero-order valence-corrected chi connectivity index (χ0v) is 5.89. The second kappa shape index (κ2) is 2.52. The molecule has 1 aromatic rings. The van der Waals surface area contributed by atoms with Crippen LogP contribution in [-0.4, -0.2) is 10.2 Å². The molecule has 0 atom stereocenters. The Morgan fingerprint density at radius 3 is 2.67 bits per heavy atom. The number of rotatable bonds is 0. The van der Waals surface area contributed by atoms with Gasteiger partial charge in [0.25, 0.3) is 0 Å². The second-order valence-electron chi connectivity index (χ2n) is 1.73. The summed E-state index contributed by atoms with van der Waals surface area (Å²) in [5, 5.41) is 1.02. The molecule has 0 fully saturated rings. The number of hydrogen-bond donors (Lipinski definition) is 0. The highest BCUT2D eigenvalue weighted by atomic mass is 28.1. The highest BCUT2D eigenvalue weighted by molar-refractivity contribution is 6.32. The van der Waals surface area contributed by atoms with Crippen molar-refractivity contribution in [1.82, 2.24) is 0 Å². The van der Waals surface area contributed by atoms with E-state index in [4.69, 9.17) is 6.42 Å². The number of hydrogen-bond acceptors (Lipinski definition) is 0.